The van der Waals surface area contributed by atoms with Crippen LogP contribution in [0.4, 0.5) is 0 Å². The zero-order valence-electron chi connectivity index (χ0n) is 8.33. The highest BCUT2D eigenvalue weighted by molar-refractivity contribution is 7.90. The monoisotopic (exact) mass is 215 g/mol. The molecule has 14 heavy (non-hydrogen) atoms. The Hall–Kier alpha value is -0.770. The van der Waals surface area contributed by atoms with Crippen LogP contribution in [-0.2, 0) is 10.0 Å². The fourth-order valence-corrected chi connectivity index (χ4v) is 2.60. The van der Waals surface area contributed by atoms with E-state index >= 15 is 0 Å². The van der Waals surface area contributed by atoms with E-state index < -0.39 is 10.0 Å². The van der Waals surface area contributed by atoms with Gasteiger partial charge in [-0.15, -0.1) is 6.58 Å². The Morgan fingerprint density at radius 2 is 2.14 bits per heavy atom. The van der Waals surface area contributed by atoms with E-state index in [4.69, 9.17) is 0 Å². The van der Waals surface area contributed by atoms with Gasteiger partial charge in [-0.3, -0.25) is 4.72 Å². The molecule has 0 aromatic heterocycles. The average molecular weight is 215 g/mol. The molecule has 0 unspecified atom stereocenters. The molecular weight excluding hydrogens is 198 g/mol. The molecule has 3 nitrogen and oxygen atoms in total. The van der Waals surface area contributed by atoms with Crippen LogP contribution in [0.3, 0.4) is 0 Å². The summed E-state index contributed by atoms with van der Waals surface area (Å²) in [6.07, 6.45) is 5.88. The van der Waals surface area contributed by atoms with E-state index in [1.807, 2.05) is 6.08 Å². The Morgan fingerprint density at radius 3 is 2.64 bits per heavy atom. The molecule has 1 N–H and O–H groups in total. The van der Waals surface area contributed by atoms with E-state index in [0.29, 0.717) is 12.1 Å². The Kier molecular flexibility index (Phi) is 3.75. The normalized spacial score (nSPS) is 16.3. The number of sulfonamides is 1. The van der Waals surface area contributed by atoms with Gasteiger partial charge in [-0.2, -0.15) is 0 Å². The van der Waals surface area contributed by atoms with E-state index in [-0.39, 0.29) is 5.25 Å². The minimum absolute atomic E-state index is 0.168. The topological polar surface area (TPSA) is 46.2 Å². The fraction of sp³-hybridized carbons (Fsp3) is 0.600. The summed E-state index contributed by atoms with van der Waals surface area (Å²) < 4.78 is 25.4. The van der Waals surface area contributed by atoms with Crippen LogP contribution < -0.4 is 4.72 Å². The molecule has 0 atom stereocenters. The van der Waals surface area contributed by atoms with Gasteiger partial charge in [0.1, 0.15) is 0 Å². The second-order valence-electron chi connectivity index (χ2n) is 3.63. The number of nitrogens with one attached hydrogen (secondary N) is 1. The third-order valence-corrected chi connectivity index (χ3v) is 4.06. The molecule has 1 saturated carbocycles. The van der Waals surface area contributed by atoms with Gasteiger partial charge in [0, 0.05) is 5.70 Å². The van der Waals surface area contributed by atoms with Crippen molar-refractivity contribution in [3.05, 3.63) is 24.9 Å². The van der Waals surface area contributed by atoms with Crippen LogP contribution in [0.2, 0.25) is 0 Å². The fourth-order valence-electron chi connectivity index (χ4n) is 1.17. The van der Waals surface area contributed by atoms with E-state index in [1.54, 1.807) is 0 Å². The second kappa shape index (κ2) is 4.64. The molecule has 0 bridgehead atoms. The molecule has 0 radical (unpaired) electrons. The van der Waals surface area contributed by atoms with E-state index in [1.165, 1.54) is 0 Å². The Morgan fingerprint density at radius 1 is 1.50 bits per heavy atom. The van der Waals surface area contributed by atoms with Crippen LogP contribution in [0.25, 0.3) is 0 Å². The minimum atomic E-state index is -3.10. The standard InChI is InChI=1S/C10H17NO2S/c1-3-4-5-6-9(2)11-14(12,13)10-7-8-10/h3,10-11H,1-2,4-8H2. The molecule has 1 aliphatic carbocycles. The Balaban J connectivity index is 2.29. The highest BCUT2D eigenvalue weighted by Crippen LogP contribution is 2.28. The van der Waals surface area contributed by atoms with Crippen LogP contribution in [0.1, 0.15) is 32.1 Å². The van der Waals surface area contributed by atoms with Crippen molar-refractivity contribution in [3.8, 4) is 0 Å². The molecule has 0 heterocycles. The van der Waals surface area contributed by atoms with Crippen molar-refractivity contribution in [2.24, 2.45) is 0 Å². The van der Waals surface area contributed by atoms with Crippen molar-refractivity contribution < 1.29 is 8.42 Å². The summed E-state index contributed by atoms with van der Waals surface area (Å²) in [6.45, 7) is 7.30. The van der Waals surface area contributed by atoms with Gasteiger partial charge in [0.25, 0.3) is 0 Å². The van der Waals surface area contributed by atoms with Crippen LogP contribution in [0, 0.1) is 0 Å². The SMILES string of the molecule is C=CCCCC(=C)NS(=O)(=O)C1CC1. The first-order chi connectivity index (χ1) is 6.56. The highest BCUT2D eigenvalue weighted by atomic mass is 32.2. The summed E-state index contributed by atoms with van der Waals surface area (Å²) in [5, 5.41) is -0.168. The lowest BCUT2D eigenvalue weighted by Gasteiger charge is -2.08. The maximum atomic E-state index is 11.4. The van der Waals surface area contributed by atoms with Gasteiger partial charge in [-0.25, -0.2) is 8.42 Å². The molecule has 1 rings (SSSR count). The Labute approximate surface area is 85.9 Å². The number of hydrogen-bond donors (Lipinski definition) is 1. The summed E-state index contributed by atoms with van der Waals surface area (Å²) in [5.41, 5.74) is 0.596. The van der Waals surface area contributed by atoms with E-state index in [0.717, 1.165) is 25.7 Å². The first-order valence-corrected chi connectivity index (χ1v) is 6.41. The van der Waals surface area contributed by atoms with Crippen LogP contribution >= 0.6 is 0 Å². The average Bonchev–Trinajstić information content (AvgIpc) is 2.85. The minimum Gasteiger partial charge on any atom is -0.288 e. The van der Waals surface area contributed by atoms with Gasteiger partial charge in [0.15, 0.2) is 0 Å². The summed E-state index contributed by atoms with van der Waals surface area (Å²) in [6, 6.07) is 0. The molecule has 0 saturated heterocycles. The molecule has 0 aliphatic heterocycles. The van der Waals surface area contributed by atoms with Crippen LogP contribution in [0.5, 0.6) is 0 Å². The van der Waals surface area contributed by atoms with Crippen molar-refractivity contribution in [1.29, 1.82) is 0 Å². The second-order valence-corrected chi connectivity index (χ2v) is 5.59. The zero-order valence-corrected chi connectivity index (χ0v) is 9.15. The van der Waals surface area contributed by atoms with Gasteiger partial charge in [-0.1, -0.05) is 12.7 Å². The van der Waals surface area contributed by atoms with Gasteiger partial charge in [-0.05, 0) is 32.1 Å². The van der Waals surface area contributed by atoms with Crippen molar-refractivity contribution in [2.45, 2.75) is 37.4 Å². The quantitative estimate of drug-likeness (QED) is 0.521. The van der Waals surface area contributed by atoms with Crippen molar-refractivity contribution in [1.82, 2.24) is 4.72 Å². The molecule has 0 amide bonds. The lowest BCUT2D eigenvalue weighted by atomic mass is 10.2. The van der Waals surface area contributed by atoms with Crippen LogP contribution in [-0.4, -0.2) is 13.7 Å². The number of unbranched alkanes of at least 4 members (excludes halogenated alkanes) is 1. The maximum Gasteiger partial charge on any atom is 0.235 e. The number of allylic oxidation sites excluding steroid dienone is 2. The highest BCUT2D eigenvalue weighted by Gasteiger charge is 2.35. The van der Waals surface area contributed by atoms with E-state index in [2.05, 4.69) is 17.9 Å². The van der Waals surface area contributed by atoms with Gasteiger partial charge < -0.3 is 0 Å². The summed E-state index contributed by atoms with van der Waals surface area (Å²) in [4.78, 5) is 0. The Bertz CT molecular complexity index is 315. The summed E-state index contributed by atoms with van der Waals surface area (Å²) in [5.74, 6) is 0. The summed E-state index contributed by atoms with van der Waals surface area (Å²) >= 11 is 0. The third kappa shape index (κ3) is 3.54. The van der Waals surface area contributed by atoms with Gasteiger partial charge in [0.2, 0.25) is 10.0 Å². The van der Waals surface area contributed by atoms with Crippen molar-refractivity contribution >= 4 is 10.0 Å². The molecule has 80 valence electrons. The van der Waals surface area contributed by atoms with E-state index in [9.17, 15) is 8.42 Å². The van der Waals surface area contributed by atoms with Gasteiger partial charge >= 0.3 is 0 Å². The predicted molar refractivity (Wildman–Crippen MR) is 58.3 cm³/mol. The molecule has 0 aromatic rings. The van der Waals surface area contributed by atoms with Gasteiger partial charge in [0.05, 0.1) is 5.25 Å². The molecule has 0 spiro atoms. The molecule has 4 heteroatoms. The molecular formula is C10H17NO2S. The first kappa shape index (κ1) is 11.3. The third-order valence-electron chi connectivity index (χ3n) is 2.14. The number of hydrogen-bond acceptors (Lipinski definition) is 2. The molecule has 1 aliphatic rings. The smallest absolute Gasteiger partial charge is 0.235 e. The maximum absolute atomic E-state index is 11.4. The van der Waals surface area contributed by atoms with Crippen molar-refractivity contribution in [3.63, 3.8) is 0 Å². The summed E-state index contributed by atoms with van der Waals surface area (Å²) in [7, 11) is -3.10. The first-order valence-electron chi connectivity index (χ1n) is 4.86. The number of rotatable bonds is 7. The lowest BCUT2D eigenvalue weighted by molar-refractivity contribution is 0.585. The molecule has 1 fully saturated rings. The lowest BCUT2D eigenvalue weighted by Crippen LogP contribution is -2.26. The predicted octanol–water partition coefficient (Wildman–Crippen LogP) is 1.94. The zero-order chi connectivity index (χ0) is 10.6. The molecule has 0 aromatic carbocycles. The largest absolute Gasteiger partial charge is 0.288 e. The van der Waals surface area contributed by atoms with Crippen LogP contribution in [0.15, 0.2) is 24.9 Å². The van der Waals surface area contributed by atoms with Crippen molar-refractivity contribution in [2.75, 3.05) is 0 Å².